The molecular weight excluding hydrogens is 603 g/mol. The molecular formula is C39H45N3O4Si. The lowest BCUT2D eigenvalue weighted by Crippen LogP contribution is -2.67. The van der Waals surface area contributed by atoms with Gasteiger partial charge in [0.1, 0.15) is 17.7 Å². The molecule has 244 valence electrons. The Balaban J connectivity index is 1.01. The summed E-state index contributed by atoms with van der Waals surface area (Å²) in [6.07, 6.45) is 2.03. The number of nitrogens with zero attached hydrogens (tertiary/aromatic N) is 3. The van der Waals surface area contributed by atoms with Gasteiger partial charge in [-0.05, 0) is 57.2 Å². The van der Waals surface area contributed by atoms with E-state index in [-0.39, 0.29) is 17.0 Å². The van der Waals surface area contributed by atoms with E-state index in [1.807, 2.05) is 11.0 Å². The summed E-state index contributed by atoms with van der Waals surface area (Å²) in [6.45, 7) is 13.5. The molecule has 0 radical (unpaired) electrons. The summed E-state index contributed by atoms with van der Waals surface area (Å²) in [6, 6.07) is 29.7. The molecule has 7 rings (SSSR count). The Bertz CT molecular complexity index is 1690. The van der Waals surface area contributed by atoms with Crippen molar-refractivity contribution >= 4 is 30.4 Å². The third kappa shape index (κ3) is 6.10. The van der Waals surface area contributed by atoms with Gasteiger partial charge in [0.05, 0.1) is 37.6 Å². The molecule has 0 saturated carbocycles. The van der Waals surface area contributed by atoms with Gasteiger partial charge >= 0.3 is 0 Å². The predicted octanol–water partition coefficient (Wildman–Crippen LogP) is 6.00. The lowest BCUT2D eigenvalue weighted by Gasteiger charge is -2.43. The van der Waals surface area contributed by atoms with Gasteiger partial charge in [-0.15, -0.1) is 0 Å². The van der Waals surface area contributed by atoms with Gasteiger partial charge in [-0.1, -0.05) is 87.5 Å². The highest BCUT2D eigenvalue weighted by atomic mass is 28.4. The second-order valence-corrected chi connectivity index (χ2v) is 18.4. The molecule has 1 amide bonds. The first-order chi connectivity index (χ1) is 22.7. The first-order valence-electron chi connectivity index (χ1n) is 16.9. The highest BCUT2D eigenvalue weighted by Gasteiger charge is 2.50. The maximum Gasteiger partial charge on any atom is 0.261 e. The summed E-state index contributed by atoms with van der Waals surface area (Å²) in [5.41, 5.74) is 5.11. The number of hydrogen-bond donors (Lipinski definition) is 0. The Hall–Kier alpha value is -3.98. The normalized spacial score (nSPS) is 16.8. The topological polar surface area (TPSA) is 64.1 Å². The standard InChI is InChI=1S/C39H45N3O4Si/c1-28-23-35-36(40-37(28)41-19-17-31(18-20-41)46-32-16-15-29-26-44-27-30(29)24-32)25-42(38(35)43)21-22-45-47(39(2,3)4,33-11-7-5-8-12-33)34-13-9-6-10-14-34/h5-16,23-24,31H,17-22,25-27H2,1-4H3. The molecule has 0 unspecified atom stereocenters. The predicted molar refractivity (Wildman–Crippen MR) is 188 cm³/mol. The van der Waals surface area contributed by atoms with Gasteiger partial charge in [-0.25, -0.2) is 4.98 Å². The zero-order valence-electron chi connectivity index (χ0n) is 28.0. The molecule has 47 heavy (non-hydrogen) atoms. The van der Waals surface area contributed by atoms with Crippen LogP contribution >= 0.6 is 0 Å². The Morgan fingerprint density at radius 2 is 1.55 bits per heavy atom. The maximum atomic E-state index is 13.6. The van der Waals surface area contributed by atoms with E-state index in [1.54, 1.807) is 0 Å². The minimum atomic E-state index is -2.68. The Morgan fingerprint density at radius 3 is 2.21 bits per heavy atom. The fourth-order valence-electron chi connectivity index (χ4n) is 7.54. The van der Waals surface area contributed by atoms with Crippen LogP contribution < -0.4 is 20.0 Å². The third-order valence-corrected chi connectivity index (χ3v) is 15.0. The number of benzene rings is 3. The zero-order chi connectivity index (χ0) is 32.6. The van der Waals surface area contributed by atoms with Crippen molar-refractivity contribution in [2.45, 2.75) is 71.4 Å². The molecule has 4 heterocycles. The maximum absolute atomic E-state index is 13.6. The van der Waals surface area contributed by atoms with Crippen molar-refractivity contribution in [1.29, 1.82) is 0 Å². The van der Waals surface area contributed by atoms with Gasteiger partial charge in [0.2, 0.25) is 0 Å². The van der Waals surface area contributed by atoms with Crippen LogP contribution in [0.2, 0.25) is 5.04 Å². The third-order valence-electron chi connectivity index (χ3n) is 9.96. The molecule has 0 spiro atoms. The SMILES string of the molecule is Cc1cc2c(nc1N1CCC(Oc3ccc4c(c3)COC4)CC1)CN(CCO[Si](c1ccccc1)(c1ccccc1)C(C)(C)C)C2=O. The number of anilines is 1. The van der Waals surface area contributed by atoms with E-state index in [0.29, 0.717) is 32.9 Å². The number of carbonyl (C=O) groups excluding carboxylic acids is 1. The van der Waals surface area contributed by atoms with Gasteiger partial charge in [0.25, 0.3) is 14.2 Å². The van der Waals surface area contributed by atoms with Crippen molar-refractivity contribution in [3.63, 3.8) is 0 Å². The largest absolute Gasteiger partial charge is 0.490 e. The molecule has 3 aliphatic rings. The number of aryl methyl sites for hydroxylation is 1. The number of fused-ring (bicyclic) bond motifs is 2. The molecule has 1 saturated heterocycles. The van der Waals surface area contributed by atoms with E-state index in [9.17, 15) is 4.79 Å². The number of hydrogen-bond acceptors (Lipinski definition) is 6. The molecule has 8 heteroatoms. The van der Waals surface area contributed by atoms with E-state index in [0.717, 1.165) is 54.3 Å². The van der Waals surface area contributed by atoms with Crippen molar-refractivity contribution in [2.75, 3.05) is 31.1 Å². The van der Waals surface area contributed by atoms with E-state index in [2.05, 4.69) is 111 Å². The monoisotopic (exact) mass is 647 g/mol. The van der Waals surface area contributed by atoms with E-state index in [4.69, 9.17) is 18.9 Å². The summed E-state index contributed by atoms with van der Waals surface area (Å²) < 4.78 is 19.0. The van der Waals surface area contributed by atoms with Crippen LogP contribution in [0.5, 0.6) is 5.75 Å². The summed E-state index contributed by atoms with van der Waals surface area (Å²) in [5, 5.41) is 2.37. The quantitative estimate of drug-likeness (QED) is 0.208. The number of rotatable bonds is 9. The first-order valence-corrected chi connectivity index (χ1v) is 18.8. The minimum absolute atomic E-state index is 0.0417. The first kappa shape index (κ1) is 31.6. The van der Waals surface area contributed by atoms with Crippen LogP contribution in [-0.4, -0.2) is 56.5 Å². The summed E-state index contributed by atoms with van der Waals surface area (Å²) in [4.78, 5) is 23.0. The van der Waals surface area contributed by atoms with Crippen LogP contribution in [0.15, 0.2) is 84.9 Å². The molecule has 0 N–H and O–H groups in total. The van der Waals surface area contributed by atoms with Crippen molar-refractivity contribution in [1.82, 2.24) is 9.88 Å². The van der Waals surface area contributed by atoms with Gasteiger partial charge < -0.3 is 23.7 Å². The molecule has 0 bridgehead atoms. The smallest absolute Gasteiger partial charge is 0.261 e. The number of piperidine rings is 1. The van der Waals surface area contributed by atoms with Crippen molar-refractivity contribution in [3.8, 4) is 5.75 Å². The molecule has 1 aromatic heterocycles. The summed E-state index contributed by atoms with van der Waals surface area (Å²) >= 11 is 0. The van der Waals surface area contributed by atoms with E-state index < -0.39 is 8.32 Å². The van der Waals surface area contributed by atoms with Gasteiger partial charge in [0.15, 0.2) is 0 Å². The number of ether oxygens (including phenoxy) is 2. The molecule has 7 nitrogen and oxygen atoms in total. The van der Waals surface area contributed by atoms with Gasteiger partial charge in [0, 0.05) is 32.5 Å². The fraction of sp³-hybridized carbons (Fsp3) is 0.385. The number of carbonyl (C=O) groups is 1. The highest BCUT2D eigenvalue weighted by Crippen LogP contribution is 2.37. The second kappa shape index (κ2) is 12.9. The molecule has 3 aliphatic heterocycles. The van der Waals surface area contributed by atoms with Crippen LogP contribution in [0.4, 0.5) is 5.82 Å². The van der Waals surface area contributed by atoms with Crippen LogP contribution in [0.25, 0.3) is 0 Å². The summed E-state index contributed by atoms with van der Waals surface area (Å²) in [5.74, 6) is 1.95. The zero-order valence-corrected chi connectivity index (χ0v) is 29.0. The average Bonchev–Trinajstić information content (AvgIpc) is 3.67. The van der Waals surface area contributed by atoms with Crippen LogP contribution in [-0.2, 0) is 28.9 Å². The summed E-state index contributed by atoms with van der Waals surface area (Å²) in [7, 11) is -2.68. The average molecular weight is 648 g/mol. The molecule has 0 aliphatic carbocycles. The number of aromatic nitrogens is 1. The molecule has 0 atom stereocenters. The van der Waals surface area contributed by atoms with E-state index in [1.165, 1.54) is 21.5 Å². The van der Waals surface area contributed by atoms with Crippen molar-refractivity contribution < 1.29 is 18.7 Å². The van der Waals surface area contributed by atoms with Crippen LogP contribution in [0.3, 0.4) is 0 Å². The molecule has 1 fully saturated rings. The van der Waals surface area contributed by atoms with Crippen LogP contribution in [0.1, 0.15) is 66.4 Å². The Kier molecular flexibility index (Phi) is 8.68. The van der Waals surface area contributed by atoms with Crippen LogP contribution in [0, 0.1) is 6.92 Å². The van der Waals surface area contributed by atoms with E-state index >= 15 is 0 Å². The lowest BCUT2D eigenvalue weighted by molar-refractivity contribution is 0.0750. The number of amides is 1. The van der Waals surface area contributed by atoms with Crippen molar-refractivity contribution in [2.24, 2.45) is 0 Å². The van der Waals surface area contributed by atoms with Gasteiger partial charge in [-0.3, -0.25) is 4.79 Å². The minimum Gasteiger partial charge on any atom is -0.490 e. The van der Waals surface area contributed by atoms with Gasteiger partial charge in [-0.2, -0.15) is 0 Å². The lowest BCUT2D eigenvalue weighted by atomic mass is 10.1. The fourth-order valence-corrected chi connectivity index (χ4v) is 12.1. The van der Waals surface area contributed by atoms with Crippen molar-refractivity contribution in [3.05, 3.63) is 113 Å². The molecule has 4 aromatic rings. The Morgan fingerprint density at radius 1 is 0.894 bits per heavy atom. The molecule has 3 aromatic carbocycles. The number of pyridine rings is 1. The Labute approximate surface area is 279 Å². The second-order valence-electron chi connectivity index (χ2n) is 14.1. The highest BCUT2D eigenvalue weighted by molar-refractivity contribution is 6.99.